The average Bonchev–Trinajstić information content (AvgIpc) is 2.15. The Balaban J connectivity index is 2.13. The van der Waals surface area contributed by atoms with E-state index in [9.17, 15) is 0 Å². The summed E-state index contributed by atoms with van der Waals surface area (Å²) in [5.74, 6) is 0.833. The first-order chi connectivity index (χ1) is 6.70. The third-order valence-corrected chi connectivity index (χ3v) is 7.31. The van der Waals surface area contributed by atoms with Gasteiger partial charge in [-0.25, -0.2) is 0 Å². The number of rotatable bonds is 7. The van der Waals surface area contributed by atoms with Gasteiger partial charge in [-0.05, 0) is 31.0 Å². The van der Waals surface area contributed by atoms with Crippen molar-refractivity contribution in [3.8, 4) is 0 Å². The van der Waals surface area contributed by atoms with Crippen LogP contribution in [0.4, 0.5) is 0 Å². The molecule has 0 amide bonds. The predicted octanol–water partition coefficient (Wildman–Crippen LogP) is 4.20. The topological polar surface area (TPSA) is 9.23 Å². The fourth-order valence-corrected chi connectivity index (χ4v) is 4.31. The normalized spacial score (nSPS) is 21.6. The molecule has 0 N–H and O–H groups in total. The molecule has 1 aliphatic heterocycles. The lowest BCUT2D eigenvalue weighted by Gasteiger charge is -2.36. The lowest BCUT2D eigenvalue weighted by Crippen LogP contribution is -2.42. The van der Waals surface area contributed by atoms with Crippen molar-refractivity contribution in [2.24, 2.45) is 5.92 Å². The molecule has 1 fully saturated rings. The van der Waals surface area contributed by atoms with Crippen LogP contribution < -0.4 is 0 Å². The SMILES string of the molecule is CCCCC(CC)CO[Si]1(C)CCC1. The van der Waals surface area contributed by atoms with Gasteiger partial charge in [0.15, 0.2) is 8.32 Å². The van der Waals surface area contributed by atoms with Crippen LogP contribution in [0.15, 0.2) is 0 Å². The van der Waals surface area contributed by atoms with Crippen LogP contribution in [0.2, 0.25) is 18.6 Å². The molecule has 1 unspecified atom stereocenters. The highest BCUT2D eigenvalue weighted by molar-refractivity contribution is 6.75. The zero-order valence-corrected chi connectivity index (χ0v) is 11.1. The fourth-order valence-electron chi connectivity index (χ4n) is 2.04. The van der Waals surface area contributed by atoms with Gasteiger partial charge in [-0.1, -0.05) is 39.5 Å². The van der Waals surface area contributed by atoms with Crippen LogP contribution in [-0.2, 0) is 4.43 Å². The second kappa shape index (κ2) is 5.91. The summed E-state index contributed by atoms with van der Waals surface area (Å²) in [7, 11) is -1.11. The van der Waals surface area contributed by atoms with E-state index in [-0.39, 0.29) is 0 Å². The molecule has 0 bridgehead atoms. The van der Waals surface area contributed by atoms with Crippen molar-refractivity contribution in [3.63, 3.8) is 0 Å². The summed E-state index contributed by atoms with van der Waals surface area (Å²) in [5.41, 5.74) is 0. The summed E-state index contributed by atoms with van der Waals surface area (Å²) in [6.07, 6.45) is 6.79. The average molecular weight is 214 g/mol. The number of hydrogen-bond donors (Lipinski definition) is 0. The minimum atomic E-state index is -1.11. The zero-order chi connectivity index (χ0) is 10.4. The van der Waals surface area contributed by atoms with Crippen LogP contribution in [0, 0.1) is 5.92 Å². The highest BCUT2D eigenvalue weighted by atomic mass is 28.4. The highest BCUT2D eigenvalue weighted by Gasteiger charge is 2.36. The second-order valence-corrected chi connectivity index (χ2v) is 9.22. The summed E-state index contributed by atoms with van der Waals surface area (Å²) in [6, 6.07) is 2.83. The third-order valence-electron chi connectivity index (χ3n) is 3.62. The van der Waals surface area contributed by atoms with E-state index >= 15 is 0 Å². The van der Waals surface area contributed by atoms with Gasteiger partial charge in [0.25, 0.3) is 0 Å². The van der Waals surface area contributed by atoms with Crippen LogP contribution in [-0.4, -0.2) is 14.9 Å². The fraction of sp³-hybridized carbons (Fsp3) is 1.00. The molecule has 2 heteroatoms. The Labute approximate surface area is 90.4 Å². The summed E-state index contributed by atoms with van der Waals surface area (Å²) >= 11 is 0. The van der Waals surface area contributed by atoms with E-state index in [1.807, 2.05) is 0 Å². The molecular weight excluding hydrogens is 188 g/mol. The van der Waals surface area contributed by atoms with Crippen molar-refractivity contribution in [2.45, 2.75) is 64.6 Å². The molecule has 0 aliphatic carbocycles. The van der Waals surface area contributed by atoms with Crippen molar-refractivity contribution in [1.29, 1.82) is 0 Å². The monoisotopic (exact) mass is 214 g/mol. The maximum atomic E-state index is 6.15. The minimum Gasteiger partial charge on any atom is -0.417 e. The van der Waals surface area contributed by atoms with Gasteiger partial charge in [-0.3, -0.25) is 0 Å². The van der Waals surface area contributed by atoms with Crippen LogP contribution in [0.5, 0.6) is 0 Å². The summed E-state index contributed by atoms with van der Waals surface area (Å²) < 4.78 is 6.15. The Morgan fingerprint density at radius 1 is 1.29 bits per heavy atom. The molecule has 84 valence electrons. The quantitative estimate of drug-likeness (QED) is 0.577. The van der Waals surface area contributed by atoms with E-state index in [4.69, 9.17) is 4.43 Å². The second-order valence-electron chi connectivity index (χ2n) is 5.03. The van der Waals surface area contributed by atoms with Gasteiger partial charge in [0.05, 0.1) is 0 Å². The maximum absolute atomic E-state index is 6.15. The van der Waals surface area contributed by atoms with E-state index in [2.05, 4.69) is 20.4 Å². The molecule has 1 rings (SSSR count). The van der Waals surface area contributed by atoms with Gasteiger partial charge < -0.3 is 4.43 Å². The van der Waals surface area contributed by atoms with Gasteiger partial charge in [0.2, 0.25) is 0 Å². The summed E-state index contributed by atoms with van der Waals surface area (Å²) in [4.78, 5) is 0. The van der Waals surface area contributed by atoms with Gasteiger partial charge in [0, 0.05) is 6.61 Å². The van der Waals surface area contributed by atoms with Crippen molar-refractivity contribution >= 4 is 8.32 Å². The molecule has 1 aliphatic rings. The molecule has 0 spiro atoms. The number of unbranched alkanes of at least 4 members (excludes halogenated alkanes) is 1. The van der Waals surface area contributed by atoms with Crippen LogP contribution >= 0.6 is 0 Å². The van der Waals surface area contributed by atoms with Crippen molar-refractivity contribution in [1.82, 2.24) is 0 Å². The summed E-state index contributed by atoms with van der Waals surface area (Å²) in [5, 5.41) is 0. The first kappa shape index (κ1) is 12.2. The van der Waals surface area contributed by atoms with Crippen molar-refractivity contribution in [3.05, 3.63) is 0 Å². The molecule has 0 saturated carbocycles. The molecule has 1 heterocycles. The Morgan fingerprint density at radius 3 is 2.43 bits per heavy atom. The molecule has 0 aromatic rings. The molecule has 1 atom stereocenters. The van der Waals surface area contributed by atoms with Crippen LogP contribution in [0.25, 0.3) is 0 Å². The van der Waals surface area contributed by atoms with E-state index in [0.717, 1.165) is 12.5 Å². The van der Waals surface area contributed by atoms with Crippen molar-refractivity contribution in [2.75, 3.05) is 6.61 Å². The third kappa shape index (κ3) is 3.74. The van der Waals surface area contributed by atoms with Crippen LogP contribution in [0.1, 0.15) is 46.0 Å². The highest BCUT2D eigenvalue weighted by Crippen LogP contribution is 2.33. The molecule has 1 nitrogen and oxygen atoms in total. The lowest BCUT2D eigenvalue weighted by molar-refractivity contribution is 0.215. The Morgan fingerprint density at radius 2 is 2.00 bits per heavy atom. The Hall–Kier alpha value is 0.177. The molecule has 0 aromatic carbocycles. The van der Waals surface area contributed by atoms with Gasteiger partial charge >= 0.3 is 0 Å². The maximum Gasteiger partial charge on any atom is 0.189 e. The van der Waals surface area contributed by atoms with E-state index < -0.39 is 8.32 Å². The molecular formula is C12H26OSi. The molecule has 0 radical (unpaired) electrons. The van der Waals surface area contributed by atoms with Gasteiger partial charge in [-0.2, -0.15) is 0 Å². The Kier molecular flexibility index (Phi) is 5.17. The van der Waals surface area contributed by atoms with E-state index in [1.54, 1.807) is 0 Å². The predicted molar refractivity (Wildman–Crippen MR) is 65.1 cm³/mol. The number of hydrogen-bond acceptors (Lipinski definition) is 1. The van der Waals surface area contributed by atoms with Gasteiger partial charge in [0.1, 0.15) is 0 Å². The standard InChI is InChI=1S/C12H26OSi/c1-4-6-8-12(5-2)11-13-14(3)9-7-10-14/h12H,4-11H2,1-3H3. The molecule has 0 aromatic heterocycles. The van der Waals surface area contributed by atoms with E-state index in [0.29, 0.717) is 0 Å². The first-order valence-corrected chi connectivity index (χ1v) is 9.16. The largest absolute Gasteiger partial charge is 0.417 e. The lowest BCUT2D eigenvalue weighted by atomic mass is 10.0. The zero-order valence-electron chi connectivity index (χ0n) is 10.1. The molecule has 14 heavy (non-hydrogen) atoms. The smallest absolute Gasteiger partial charge is 0.189 e. The van der Waals surface area contributed by atoms with Crippen LogP contribution in [0.3, 0.4) is 0 Å². The minimum absolute atomic E-state index is 0.833. The van der Waals surface area contributed by atoms with E-state index in [1.165, 1.54) is 44.2 Å². The van der Waals surface area contributed by atoms with Gasteiger partial charge in [-0.15, -0.1) is 0 Å². The first-order valence-electron chi connectivity index (χ1n) is 6.34. The summed E-state index contributed by atoms with van der Waals surface area (Å²) in [6.45, 7) is 8.03. The van der Waals surface area contributed by atoms with Crippen molar-refractivity contribution < 1.29 is 4.43 Å². The Bertz CT molecular complexity index is 154. The molecule has 1 saturated heterocycles.